The fourth-order valence-electron chi connectivity index (χ4n) is 7.89. The molecule has 0 bridgehead atoms. The van der Waals surface area contributed by atoms with Crippen molar-refractivity contribution in [3.8, 4) is 22.5 Å². The van der Waals surface area contributed by atoms with Gasteiger partial charge in [0.2, 0.25) is 11.4 Å². The van der Waals surface area contributed by atoms with Gasteiger partial charge in [0, 0.05) is 45.5 Å². The molecule has 6 heterocycles. The Morgan fingerprint density at radius 2 is 1.68 bits per heavy atom. The Bertz CT molecular complexity index is 2340. The molecule has 0 fully saturated rings. The van der Waals surface area contributed by atoms with E-state index in [1.807, 2.05) is 0 Å². The van der Waals surface area contributed by atoms with E-state index in [1.165, 1.54) is 71.2 Å². The first-order chi connectivity index (χ1) is 21.5. The van der Waals surface area contributed by atoms with E-state index in [9.17, 15) is 0 Å². The number of nitrogens with zero attached hydrogens (tertiary/aromatic N) is 2. The Morgan fingerprint density at radius 1 is 0.841 bits per heavy atom. The SMILES string of the molecule is C=C1CC2C(CCc3ccc4c(oc5c4ccc4ccsc45)c3-c3cc(C)c(C)c[n+]31)c1ccccc1-c1ccc(C)c[n+]12. The van der Waals surface area contributed by atoms with Crippen LogP contribution in [0.25, 0.3) is 60.2 Å². The minimum atomic E-state index is 0.276. The first kappa shape index (κ1) is 25.9. The van der Waals surface area contributed by atoms with Crippen molar-refractivity contribution in [2.45, 2.75) is 52.0 Å². The van der Waals surface area contributed by atoms with Crippen molar-refractivity contribution in [3.63, 3.8) is 0 Å². The summed E-state index contributed by atoms with van der Waals surface area (Å²) in [6.07, 6.45) is 7.53. The molecule has 4 aromatic heterocycles. The lowest BCUT2D eigenvalue weighted by atomic mass is 9.77. The highest BCUT2D eigenvalue weighted by Gasteiger charge is 2.42. The summed E-state index contributed by atoms with van der Waals surface area (Å²) in [4.78, 5) is 0. The zero-order valence-electron chi connectivity index (χ0n) is 25.4. The molecule has 0 spiro atoms. The van der Waals surface area contributed by atoms with E-state index < -0.39 is 0 Å². The third-order valence-electron chi connectivity index (χ3n) is 10.2. The van der Waals surface area contributed by atoms with Crippen LogP contribution in [-0.4, -0.2) is 0 Å². The second-order valence-corrected chi connectivity index (χ2v) is 13.7. The van der Waals surface area contributed by atoms with Crippen molar-refractivity contribution in [1.29, 1.82) is 0 Å². The molecule has 3 nitrogen and oxygen atoms in total. The van der Waals surface area contributed by atoms with Gasteiger partial charge in [-0.1, -0.05) is 36.4 Å². The topological polar surface area (TPSA) is 20.9 Å². The number of aryl methyl sites for hydroxylation is 4. The largest absolute Gasteiger partial charge is 0.454 e. The molecular weight excluding hydrogens is 557 g/mol. The molecule has 0 saturated carbocycles. The molecule has 2 aliphatic heterocycles. The molecule has 4 heteroatoms. The maximum Gasteiger partial charge on any atom is 0.222 e. The van der Waals surface area contributed by atoms with E-state index in [0.29, 0.717) is 5.92 Å². The number of pyridine rings is 2. The minimum Gasteiger partial charge on any atom is -0.454 e. The van der Waals surface area contributed by atoms with E-state index >= 15 is 0 Å². The zero-order valence-corrected chi connectivity index (χ0v) is 26.2. The summed E-state index contributed by atoms with van der Waals surface area (Å²) in [5.74, 6) is 0.362. The number of fused-ring (bicyclic) bond motifs is 15. The number of benzene rings is 3. The molecule has 0 radical (unpaired) electrons. The van der Waals surface area contributed by atoms with E-state index in [1.54, 1.807) is 11.3 Å². The van der Waals surface area contributed by atoms with Crippen molar-refractivity contribution >= 4 is 49.1 Å². The lowest BCUT2D eigenvalue weighted by Crippen LogP contribution is -2.49. The predicted molar refractivity (Wildman–Crippen MR) is 181 cm³/mol. The predicted octanol–water partition coefficient (Wildman–Crippen LogP) is 9.78. The molecule has 0 aliphatic carbocycles. The van der Waals surface area contributed by atoms with Crippen molar-refractivity contribution < 1.29 is 13.6 Å². The standard InChI is InChI=1S/C40H34N2OS/c1-23-9-16-34-30-8-6-5-7-29(30)31-13-10-27-11-14-32-33-15-12-28-17-18-44-40(28)39(33)43-38(32)37(27)36-19-24(2)25(3)22-41(36)26(4)20-35(31)42(34)21-23/h5-9,11-12,14-19,21-22,31,35H,4,10,13,20H2,1-3H3/q+2. The van der Waals surface area contributed by atoms with Gasteiger partial charge < -0.3 is 4.42 Å². The van der Waals surface area contributed by atoms with Crippen LogP contribution in [0.1, 0.15) is 52.6 Å². The van der Waals surface area contributed by atoms with Gasteiger partial charge in [0.05, 0.1) is 16.7 Å². The number of aromatic nitrogens is 2. The van der Waals surface area contributed by atoms with Crippen LogP contribution in [0.3, 0.4) is 0 Å². The maximum atomic E-state index is 6.94. The van der Waals surface area contributed by atoms with Gasteiger partial charge in [0.1, 0.15) is 5.58 Å². The minimum absolute atomic E-state index is 0.276. The second-order valence-electron chi connectivity index (χ2n) is 12.8. The monoisotopic (exact) mass is 590 g/mol. The number of rotatable bonds is 0. The van der Waals surface area contributed by atoms with Gasteiger partial charge in [-0.15, -0.1) is 11.3 Å². The average molecular weight is 591 g/mol. The number of hydrogen-bond acceptors (Lipinski definition) is 2. The van der Waals surface area contributed by atoms with Crippen LogP contribution in [-0.2, 0) is 6.42 Å². The smallest absolute Gasteiger partial charge is 0.222 e. The Kier molecular flexibility index (Phi) is 5.58. The molecule has 0 amide bonds. The fourth-order valence-corrected chi connectivity index (χ4v) is 8.77. The second kappa shape index (κ2) is 9.48. The molecule has 7 aromatic rings. The van der Waals surface area contributed by atoms with Gasteiger partial charge >= 0.3 is 0 Å². The van der Waals surface area contributed by atoms with Crippen molar-refractivity contribution in [2.24, 2.45) is 0 Å². The fraction of sp³-hybridized carbons (Fsp3) is 0.200. The summed E-state index contributed by atoms with van der Waals surface area (Å²) in [6.45, 7) is 11.4. The molecule has 0 N–H and O–H groups in total. The van der Waals surface area contributed by atoms with Gasteiger partial charge in [-0.3, -0.25) is 0 Å². The number of hydrogen-bond donors (Lipinski definition) is 0. The number of furan rings is 1. The van der Waals surface area contributed by atoms with E-state index in [-0.39, 0.29) is 6.04 Å². The number of thiophene rings is 1. The Hall–Kier alpha value is -4.54. The average Bonchev–Trinajstić information content (AvgIpc) is 3.66. The maximum absolute atomic E-state index is 6.94. The molecule has 3 aromatic carbocycles. The lowest BCUT2D eigenvalue weighted by Gasteiger charge is -2.31. The third-order valence-corrected chi connectivity index (χ3v) is 11.2. The normalized spacial score (nSPS) is 17.7. The first-order valence-electron chi connectivity index (χ1n) is 15.6. The Balaban J connectivity index is 1.32. The molecule has 44 heavy (non-hydrogen) atoms. The van der Waals surface area contributed by atoms with Gasteiger partial charge in [-0.25, -0.2) is 0 Å². The summed E-state index contributed by atoms with van der Waals surface area (Å²) in [5.41, 5.74) is 14.7. The van der Waals surface area contributed by atoms with Crippen LogP contribution in [0.2, 0.25) is 0 Å². The third kappa shape index (κ3) is 3.67. The van der Waals surface area contributed by atoms with Crippen LogP contribution >= 0.6 is 11.3 Å². The molecule has 2 atom stereocenters. The van der Waals surface area contributed by atoms with E-state index in [0.717, 1.165) is 36.1 Å². The molecule has 0 saturated heterocycles. The summed E-state index contributed by atoms with van der Waals surface area (Å²) >= 11 is 1.76. The highest BCUT2D eigenvalue weighted by molar-refractivity contribution is 7.18. The van der Waals surface area contributed by atoms with Crippen LogP contribution in [0.5, 0.6) is 0 Å². The highest BCUT2D eigenvalue weighted by atomic mass is 32.1. The summed E-state index contributed by atoms with van der Waals surface area (Å²) in [7, 11) is 0. The van der Waals surface area contributed by atoms with Crippen molar-refractivity contribution in [1.82, 2.24) is 0 Å². The van der Waals surface area contributed by atoms with Crippen LogP contribution in [0.4, 0.5) is 0 Å². The van der Waals surface area contributed by atoms with Crippen molar-refractivity contribution in [3.05, 3.63) is 125 Å². The van der Waals surface area contributed by atoms with E-state index in [2.05, 4.69) is 120 Å². The summed E-state index contributed by atoms with van der Waals surface area (Å²) < 4.78 is 13.1. The molecular formula is C40H34N2OS+2. The van der Waals surface area contributed by atoms with Crippen LogP contribution in [0, 0.1) is 20.8 Å². The first-order valence-corrected chi connectivity index (χ1v) is 16.5. The van der Waals surface area contributed by atoms with Gasteiger partial charge in [0.15, 0.2) is 29.7 Å². The lowest BCUT2D eigenvalue weighted by molar-refractivity contribution is -0.720. The quantitative estimate of drug-likeness (QED) is 0.161. The van der Waals surface area contributed by atoms with Gasteiger partial charge in [-0.05, 0) is 91.9 Å². The molecule has 2 unspecified atom stereocenters. The number of allylic oxidation sites excluding steroid dienone is 1. The van der Waals surface area contributed by atoms with Crippen molar-refractivity contribution in [2.75, 3.05) is 0 Å². The molecule has 2 aliphatic rings. The molecule has 214 valence electrons. The zero-order chi connectivity index (χ0) is 29.7. The highest BCUT2D eigenvalue weighted by Crippen LogP contribution is 2.46. The van der Waals surface area contributed by atoms with E-state index in [4.69, 9.17) is 11.0 Å². The van der Waals surface area contributed by atoms with Gasteiger partial charge in [0.25, 0.3) is 0 Å². The summed E-state index contributed by atoms with van der Waals surface area (Å²) in [5, 5.41) is 5.77. The molecule has 9 rings (SSSR count). The summed E-state index contributed by atoms with van der Waals surface area (Å²) in [6, 6.07) is 27.5. The Labute approximate surface area is 261 Å². The van der Waals surface area contributed by atoms with Gasteiger partial charge in [-0.2, -0.15) is 9.13 Å². The van der Waals surface area contributed by atoms with Crippen LogP contribution < -0.4 is 9.13 Å². The van der Waals surface area contributed by atoms with Crippen LogP contribution in [0.15, 0.2) is 102 Å². The Morgan fingerprint density at radius 3 is 2.59 bits per heavy atom.